The van der Waals surface area contributed by atoms with Crippen LogP contribution >= 0.6 is 24.8 Å². The summed E-state index contributed by atoms with van der Waals surface area (Å²) in [5.41, 5.74) is 16.5. The summed E-state index contributed by atoms with van der Waals surface area (Å²) in [5, 5.41) is 21.8. The Bertz CT molecular complexity index is 925. The standard InChI is InChI=1S/C20H26N8O4.2ClH/c1-29-17-9-13(11-25-27-19(21)22)3-5-15(17)31-7-8-32-16-6-4-14(10-18(16)30-2)12-26-28-20(23)24;;/h3-6,9-12H,7-8H2,1-2H3,(H4,21,22,27)(H4,23,24,28);2*1H. The first-order valence-corrected chi connectivity index (χ1v) is 9.30. The molecule has 0 radical (unpaired) electrons. The molecule has 34 heavy (non-hydrogen) atoms. The van der Waals surface area contributed by atoms with E-state index in [0.29, 0.717) is 23.0 Å². The molecule has 0 saturated carbocycles. The SMILES string of the molecule is COc1cc(C=NNC(=N)N)ccc1OCCOc1ccc(C=NNC(=N)N)cc1OC.Cl.Cl. The molecule has 12 nitrogen and oxygen atoms in total. The van der Waals surface area contributed by atoms with Crippen LogP contribution in [-0.4, -0.2) is 51.8 Å². The van der Waals surface area contributed by atoms with E-state index in [9.17, 15) is 0 Å². The highest BCUT2D eigenvalue weighted by molar-refractivity contribution is 5.86. The molecule has 0 amide bonds. The van der Waals surface area contributed by atoms with Gasteiger partial charge in [-0.2, -0.15) is 10.2 Å². The van der Waals surface area contributed by atoms with Crippen molar-refractivity contribution in [2.75, 3.05) is 27.4 Å². The summed E-state index contributed by atoms with van der Waals surface area (Å²) in [7, 11) is 3.07. The van der Waals surface area contributed by atoms with Gasteiger partial charge in [0.15, 0.2) is 23.0 Å². The van der Waals surface area contributed by atoms with E-state index in [0.717, 1.165) is 11.1 Å². The van der Waals surface area contributed by atoms with Gasteiger partial charge < -0.3 is 30.4 Å². The molecule has 2 rings (SSSR count). The Labute approximate surface area is 209 Å². The van der Waals surface area contributed by atoms with Gasteiger partial charge in [-0.15, -0.1) is 24.8 Å². The number of ether oxygens (including phenoxy) is 4. The quantitative estimate of drug-likeness (QED) is 0.113. The highest BCUT2D eigenvalue weighted by Crippen LogP contribution is 2.29. The van der Waals surface area contributed by atoms with E-state index in [1.807, 2.05) is 0 Å². The Morgan fingerprint density at radius 3 is 1.47 bits per heavy atom. The van der Waals surface area contributed by atoms with Gasteiger partial charge in [0.05, 0.1) is 26.6 Å². The van der Waals surface area contributed by atoms with Crippen molar-refractivity contribution in [3.8, 4) is 23.0 Å². The number of hydrogen-bond acceptors (Lipinski definition) is 8. The molecular formula is C20H28Cl2N8O4. The monoisotopic (exact) mass is 514 g/mol. The molecule has 0 atom stereocenters. The van der Waals surface area contributed by atoms with E-state index < -0.39 is 0 Å². The lowest BCUT2D eigenvalue weighted by atomic mass is 10.2. The van der Waals surface area contributed by atoms with Crippen LogP contribution in [0.3, 0.4) is 0 Å². The normalized spacial score (nSPS) is 10.1. The summed E-state index contributed by atoms with van der Waals surface area (Å²) in [4.78, 5) is 0. The molecule has 0 aliphatic heterocycles. The fraction of sp³-hybridized carbons (Fsp3) is 0.200. The minimum Gasteiger partial charge on any atom is -0.493 e. The van der Waals surface area contributed by atoms with Gasteiger partial charge in [0.1, 0.15) is 13.2 Å². The summed E-state index contributed by atoms with van der Waals surface area (Å²) < 4.78 is 22.2. The van der Waals surface area contributed by atoms with Gasteiger partial charge in [0.25, 0.3) is 0 Å². The zero-order valence-corrected chi connectivity index (χ0v) is 20.2. The maximum Gasteiger partial charge on any atom is 0.206 e. The third-order valence-electron chi connectivity index (χ3n) is 3.77. The Kier molecular flexibility index (Phi) is 14.0. The largest absolute Gasteiger partial charge is 0.493 e. The van der Waals surface area contributed by atoms with Crippen LogP contribution in [0.1, 0.15) is 11.1 Å². The van der Waals surface area contributed by atoms with Gasteiger partial charge in [0, 0.05) is 0 Å². The first kappa shape index (κ1) is 30.1. The van der Waals surface area contributed by atoms with Gasteiger partial charge >= 0.3 is 0 Å². The van der Waals surface area contributed by atoms with Crippen LogP contribution in [0.2, 0.25) is 0 Å². The van der Waals surface area contributed by atoms with Crippen LogP contribution in [0, 0.1) is 10.8 Å². The number of benzene rings is 2. The predicted octanol–water partition coefficient (Wildman–Crippen LogP) is 1.64. The maximum atomic E-state index is 7.08. The van der Waals surface area contributed by atoms with Crippen molar-refractivity contribution in [2.24, 2.45) is 21.7 Å². The fourth-order valence-corrected chi connectivity index (χ4v) is 2.42. The van der Waals surface area contributed by atoms with Crippen LogP contribution in [0.25, 0.3) is 0 Å². The number of hydrazone groups is 2. The molecule has 2 aromatic carbocycles. The second-order valence-corrected chi connectivity index (χ2v) is 6.08. The van der Waals surface area contributed by atoms with Gasteiger partial charge in [-0.1, -0.05) is 0 Å². The van der Waals surface area contributed by atoms with Crippen molar-refractivity contribution in [3.05, 3.63) is 47.5 Å². The highest BCUT2D eigenvalue weighted by atomic mass is 35.5. The number of halogens is 2. The lowest BCUT2D eigenvalue weighted by molar-refractivity contribution is 0.206. The fourth-order valence-electron chi connectivity index (χ4n) is 2.42. The maximum absolute atomic E-state index is 7.08. The number of nitrogens with one attached hydrogen (secondary N) is 4. The first-order valence-electron chi connectivity index (χ1n) is 9.30. The van der Waals surface area contributed by atoms with Crippen molar-refractivity contribution >= 4 is 49.2 Å². The average molecular weight is 515 g/mol. The molecule has 0 fully saturated rings. The number of methoxy groups -OCH3 is 2. The molecule has 0 aliphatic carbocycles. The zero-order valence-electron chi connectivity index (χ0n) is 18.5. The molecular weight excluding hydrogens is 487 g/mol. The predicted molar refractivity (Wildman–Crippen MR) is 137 cm³/mol. The number of nitrogens with two attached hydrogens (primary N) is 2. The molecule has 8 N–H and O–H groups in total. The molecule has 0 unspecified atom stereocenters. The third-order valence-corrected chi connectivity index (χ3v) is 3.77. The summed E-state index contributed by atoms with van der Waals surface area (Å²) in [6, 6.07) is 10.6. The van der Waals surface area contributed by atoms with Crippen LogP contribution < -0.4 is 41.3 Å². The zero-order chi connectivity index (χ0) is 23.3. The Balaban J connectivity index is 0.00000544. The van der Waals surface area contributed by atoms with E-state index in [-0.39, 0.29) is 49.9 Å². The second kappa shape index (κ2) is 15.8. The second-order valence-electron chi connectivity index (χ2n) is 6.08. The molecule has 0 bridgehead atoms. The summed E-state index contributed by atoms with van der Waals surface area (Å²) in [5.74, 6) is 1.64. The Morgan fingerprint density at radius 1 is 0.765 bits per heavy atom. The average Bonchev–Trinajstić information content (AvgIpc) is 2.77. The van der Waals surface area contributed by atoms with E-state index >= 15 is 0 Å². The van der Waals surface area contributed by atoms with Crippen LogP contribution in [0.5, 0.6) is 23.0 Å². The first-order chi connectivity index (χ1) is 15.4. The highest BCUT2D eigenvalue weighted by Gasteiger charge is 2.08. The Morgan fingerprint density at radius 2 is 1.15 bits per heavy atom. The minimum atomic E-state index is -0.252. The van der Waals surface area contributed by atoms with E-state index in [4.69, 9.17) is 41.2 Å². The summed E-state index contributed by atoms with van der Waals surface area (Å²) in [6.07, 6.45) is 3.02. The van der Waals surface area contributed by atoms with Crippen LogP contribution in [-0.2, 0) is 0 Å². The molecule has 0 heterocycles. The van der Waals surface area contributed by atoms with Gasteiger partial charge in [0.2, 0.25) is 11.9 Å². The van der Waals surface area contributed by atoms with E-state index in [1.54, 1.807) is 36.4 Å². The van der Waals surface area contributed by atoms with Crippen molar-refractivity contribution < 1.29 is 18.9 Å². The molecule has 0 spiro atoms. The molecule has 14 heteroatoms. The molecule has 0 aromatic heterocycles. The van der Waals surface area contributed by atoms with Crippen molar-refractivity contribution in [3.63, 3.8) is 0 Å². The number of nitrogens with zero attached hydrogens (tertiary/aromatic N) is 2. The van der Waals surface area contributed by atoms with Crippen molar-refractivity contribution in [1.82, 2.24) is 10.9 Å². The number of hydrogen-bond donors (Lipinski definition) is 6. The molecule has 0 aliphatic rings. The van der Waals surface area contributed by atoms with Gasteiger partial charge in [-0.25, -0.2) is 10.9 Å². The summed E-state index contributed by atoms with van der Waals surface area (Å²) >= 11 is 0. The van der Waals surface area contributed by atoms with Crippen molar-refractivity contribution in [1.29, 1.82) is 10.8 Å². The molecule has 0 saturated heterocycles. The third kappa shape index (κ3) is 10.1. The van der Waals surface area contributed by atoms with Crippen LogP contribution in [0.4, 0.5) is 0 Å². The Hall–Kier alpha value is -3.90. The lowest BCUT2D eigenvalue weighted by Crippen LogP contribution is -2.25. The summed E-state index contributed by atoms with van der Waals surface area (Å²) in [6.45, 7) is 0.537. The van der Waals surface area contributed by atoms with Crippen molar-refractivity contribution in [2.45, 2.75) is 0 Å². The van der Waals surface area contributed by atoms with E-state index in [1.165, 1.54) is 26.6 Å². The van der Waals surface area contributed by atoms with Gasteiger partial charge in [-0.3, -0.25) is 10.8 Å². The van der Waals surface area contributed by atoms with E-state index in [2.05, 4.69) is 21.1 Å². The minimum absolute atomic E-state index is 0. The smallest absolute Gasteiger partial charge is 0.206 e. The topological polar surface area (TPSA) is 185 Å². The van der Waals surface area contributed by atoms with Crippen LogP contribution in [0.15, 0.2) is 46.6 Å². The number of guanidine groups is 2. The number of rotatable bonds is 11. The lowest BCUT2D eigenvalue weighted by Gasteiger charge is -2.13. The molecule has 2 aromatic rings. The molecule has 186 valence electrons. The van der Waals surface area contributed by atoms with Gasteiger partial charge in [-0.05, 0) is 47.5 Å².